The molecule has 0 aliphatic rings. The molecule has 0 atom stereocenters. The molecule has 0 bridgehead atoms. The Labute approximate surface area is 94.8 Å². The fraction of sp³-hybridized carbons (Fsp3) is 0.300. The molecule has 1 aromatic heterocycles. The summed E-state index contributed by atoms with van der Waals surface area (Å²) in [5.74, 6) is 0. The van der Waals surface area contributed by atoms with Crippen LogP contribution in [0.15, 0.2) is 29.5 Å². The van der Waals surface area contributed by atoms with E-state index in [-0.39, 0.29) is 0 Å². The van der Waals surface area contributed by atoms with Gasteiger partial charge in [-0.1, -0.05) is 6.07 Å². The van der Waals surface area contributed by atoms with Crippen LogP contribution < -0.4 is 10.7 Å². The molecule has 0 aliphatic carbocycles. The number of hydrogen-bond donors (Lipinski definition) is 2. The second-order valence-corrected chi connectivity index (χ2v) is 3.29. The highest BCUT2D eigenvalue weighted by Crippen LogP contribution is 1.94. The van der Waals surface area contributed by atoms with Gasteiger partial charge < -0.3 is 5.32 Å². The minimum absolute atomic E-state index is 0.521. The van der Waals surface area contributed by atoms with Crippen LogP contribution in [0, 0.1) is 0 Å². The standard InChI is InChI=1S/C10H14N4S/c1-3-11-10(15)14-13-8(2)9-6-4-5-7-12-9/h4-7H,3H2,1-2H3,(H2,11,14,15)/b13-8+. The van der Waals surface area contributed by atoms with E-state index in [4.69, 9.17) is 12.2 Å². The molecule has 0 saturated heterocycles. The van der Waals surface area contributed by atoms with Gasteiger partial charge in [-0.2, -0.15) is 5.10 Å². The van der Waals surface area contributed by atoms with Gasteiger partial charge >= 0.3 is 0 Å². The molecule has 4 nitrogen and oxygen atoms in total. The summed E-state index contributed by atoms with van der Waals surface area (Å²) in [5, 5.41) is 7.58. The van der Waals surface area contributed by atoms with Crippen LogP contribution in [-0.2, 0) is 0 Å². The van der Waals surface area contributed by atoms with Crippen molar-refractivity contribution < 1.29 is 0 Å². The number of hydrogen-bond acceptors (Lipinski definition) is 3. The first kappa shape index (κ1) is 11.6. The number of rotatable bonds is 3. The molecular weight excluding hydrogens is 208 g/mol. The van der Waals surface area contributed by atoms with Gasteiger partial charge in [0.25, 0.3) is 0 Å². The average Bonchev–Trinajstić information content (AvgIpc) is 2.27. The van der Waals surface area contributed by atoms with E-state index >= 15 is 0 Å². The van der Waals surface area contributed by atoms with Crippen LogP contribution in [0.25, 0.3) is 0 Å². The van der Waals surface area contributed by atoms with Gasteiger partial charge in [0.1, 0.15) is 0 Å². The van der Waals surface area contributed by atoms with Crippen molar-refractivity contribution in [3.63, 3.8) is 0 Å². The van der Waals surface area contributed by atoms with Crippen molar-refractivity contribution in [2.75, 3.05) is 6.54 Å². The van der Waals surface area contributed by atoms with Gasteiger partial charge in [0.2, 0.25) is 0 Å². The Morgan fingerprint density at radius 1 is 1.53 bits per heavy atom. The number of hydrazone groups is 1. The van der Waals surface area contributed by atoms with Crippen LogP contribution >= 0.6 is 12.2 Å². The van der Waals surface area contributed by atoms with E-state index in [1.807, 2.05) is 32.0 Å². The van der Waals surface area contributed by atoms with Gasteiger partial charge in [-0.3, -0.25) is 10.4 Å². The zero-order chi connectivity index (χ0) is 11.1. The molecule has 0 saturated carbocycles. The van der Waals surface area contributed by atoms with E-state index in [0.29, 0.717) is 5.11 Å². The molecule has 0 aromatic carbocycles. The number of aromatic nitrogens is 1. The SMILES string of the molecule is CCNC(=S)N/N=C(\C)c1ccccn1. The van der Waals surface area contributed by atoms with Crippen LogP contribution in [0.3, 0.4) is 0 Å². The molecule has 0 spiro atoms. The number of thiocarbonyl (C=S) groups is 1. The maximum Gasteiger partial charge on any atom is 0.186 e. The second-order valence-electron chi connectivity index (χ2n) is 2.88. The molecule has 15 heavy (non-hydrogen) atoms. The van der Waals surface area contributed by atoms with Gasteiger partial charge in [0.05, 0.1) is 11.4 Å². The third kappa shape index (κ3) is 4.03. The summed E-state index contributed by atoms with van der Waals surface area (Å²) in [7, 11) is 0. The Bertz CT molecular complexity index is 348. The molecular formula is C10H14N4S. The zero-order valence-electron chi connectivity index (χ0n) is 8.82. The summed E-state index contributed by atoms with van der Waals surface area (Å²) >= 11 is 4.97. The van der Waals surface area contributed by atoms with Crippen molar-refractivity contribution in [3.8, 4) is 0 Å². The van der Waals surface area contributed by atoms with Crippen LogP contribution in [0.2, 0.25) is 0 Å². The first-order chi connectivity index (χ1) is 7.24. The number of pyridine rings is 1. The van der Waals surface area contributed by atoms with Gasteiger partial charge in [-0.15, -0.1) is 0 Å². The van der Waals surface area contributed by atoms with E-state index in [2.05, 4.69) is 20.8 Å². The van der Waals surface area contributed by atoms with Gasteiger partial charge in [0, 0.05) is 12.7 Å². The van der Waals surface area contributed by atoms with E-state index in [1.54, 1.807) is 6.20 Å². The monoisotopic (exact) mass is 222 g/mol. The van der Waals surface area contributed by atoms with Gasteiger partial charge in [0.15, 0.2) is 5.11 Å². The second kappa shape index (κ2) is 6.08. The highest BCUT2D eigenvalue weighted by Gasteiger charge is 1.97. The summed E-state index contributed by atoms with van der Waals surface area (Å²) in [4.78, 5) is 4.17. The van der Waals surface area contributed by atoms with E-state index in [1.165, 1.54) is 0 Å². The maximum absolute atomic E-state index is 4.97. The minimum Gasteiger partial charge on any atom is -0.362 e. The molecule has 0 aliphatic heterocycles. The van der Waals surface area contributed by atoms with Crippen LogP contribution in [0.5, 0.6) is 0 Å². The van der Waals surface area contributed by atoms with E-state index in [9.17, 15) is 0 Å². The molecule has 80 valence electrons. The largest absolute Gasteiger partial charge is 0.362 e. The first-order valence-electron chi connectivity index (χ1n) is 4.73. The third-order valence-electron chi connectivity index (χ3n) is 1.70. The lowest BCUT2D eigenvalue weighted by atomic mass is 10.3. The summed E-state index contributed by atoms with van der Waals surface area (Å²) in [6.07, 6.45) is 1.73. The number of nitrogens with zero attached hydrogens (tertiary/aromatic N) is 2. The zero-order valence-corrected chi connectivity index (χ0v) is 9.64. The van der Waals surface area contributed by atoms with Crippen LogP contribution in [-0.4, -0.2) is 22.4 Å². The smallest absolute Gasteiger partial charge is 0.186 e. The average molecular weight is 222 g/mol. The fourth-order valence-corrected chi connectivity index (χ4v) is 1.16. The fourth-order valence-electron chi connectivity index (χ4n) is 0.969. The Morgan fingerprint density at radius 3 is 2.93 bits per heavy atom. The van der Waals surface area contributed by atoms with E-state index in [0.717, 1.165) is 18.0 Å². The lowest BCUT2D eigenvalue weighted by Crippen LogP contribution is -2.32. The predicted molar refractivity (Wildman–Crippen MR) is 65.9 cm³/mol. The molecule has 0 unspecified atom stereocenters. The summed E-state index contributed by atoms with van der Waals surface area (Å²) in [5.41, 5.74) is 4.39. The predicted octanol–water partition coefficient (Wildman–Crippen LogP) is 1.29. The lowest BCUT2D eigenvalue weighted by Gasteiger charge is -2.04. The molecule has 0 amide bonds. The highest BCUT2D eigenvalue weighted by atomic mass is 32.1. The highest BCUT2D eigenvalue weighted by molar-refractivity contribution is 7.80. The summed E-state index contributed by atoms with van der Waals surface area (Å²) < 4.78 is 0. The van der Waals surface area contributed by atoms with Crippen molar-refractivity contribution in [1.29, 1.82) is 0 Å². The molecule has 5 heteroatoms. The van der Waals surface area contributed by atoms with Crippen molar-refractivity contribution in [3.05, 3.63) is 30.1 Å². The van der Waals surface area contributed by atoms with Crippen LogP contribution in [0.1, 0.15) is 19.5 Å². The van der Waals surface area contributed by atoms with E-state index < -0.39 is 0 Å². The Morgan fingerprint density at radius 2 is 2.33 bits per heavy atom. The van der Waals surface area contributed by atoms with Crippen molar-refractivity contribution in [1.82, 2.24) is 15.7 Å². The van der Waals surface area contributed by atoms with Gasteiger partial charge in [-0.25, -0.2) is 0 Å². The lowest BCUT2D eigenvalue weighted by molar-refractivity contribution is 0.900. The van der Waals surface area contributed by atoms with Crippen LogP contribution in [0.4, 0.5) is 0 Å². The van der Waals surface area contributed by atoms with Crippen molar-refractivity contribution >= 4 is 23.0 Å². The van der Waals surface area contributed by atoms with Crippen molar-refractivity contribution in [2.24, 2.45) is 5.10 Å². The summed E-state index contributed by atoms with van der Waals surface area (Å²) in [6, 6.07) is 5.69. The Hall–Kier alpha value is -1.49. The number of nitrogens with one attached hydrogen (secondary N) is 2. The molecule has 1 heterocycles. The quantitative estimate of drug-likeness (QED) is 0.459. The molecule has 0 fully saturated rings. The topological polar surface area (TPSA) is 49.3 Å². The Balaban J connectivity index is 2.57. The maximum atomic E-state index is 4.97. The summed E-state index contributed by atoms with van der Waals surface area (Å²) in [6.45, 7) is 4.64. The Kier molecular flexibility index (Phi) is 4.70. The minimum atomic E-state index is 0.521. The van der Waals surface area contributed by atoms with Gasteiger partial charge in [-0.05, 0) is 38.2 Å². The van der Waals surface area contributed by atoms with Crippen molar-refractivity contribution in [2.45, 2.75) is 13.8 Å². The first-order valence-corrected chi connectivity index (χ1v) is 5.14. The normalized spacial score (nSPS) is 10.9. The molecule has 0 radical (unpaired) electrons. The molecule has 1 aromatic rings. The molecule has 1 rings (SSSR count). The third-order valence-corrected chi connectivity index (χ3v) is 1.93. The molecule has 2 N–H and O–H groups in total.